The monoisotopic (exact) mass is 207 g/mol. The van der Waals surface area contributed by atoms with E-state index in [1.807, 2.05) is 46.8 Å². The molecule has 0 aliphatic heterocycles. The zero-order valence-electron chi connectivity index (χ0n) is 10.3. The van der Waals surface area contributed by atoms with Crippen molar-refractivity contribution < 1.29 is 4.79 Å². The zero-order valence-corrected chi connectivity index (χ0v) is 10.3. The van der Waals surface area contributed by atoms with Crippen LogP contribution in [0.25, 0.3) is 0 Å². The molecule has 84 valence electrons. The van der Waals surface area contributed by atoms with Crippen LogP contribution in [0.2, 0.25) is 0 Å². The summed E-state index contributed by atoms with van der Waals surface area (Å²) in [7, 11) is 0. The van der Waals surface area contributed by atoms with Crippen molar-refractivity contribution in [2.75, 3.05) is 0 Å². The lowest BCUT2D eigenvalue weighted by Crippen LogP contribution is -2.27. The predicted molar refractivity (Wildman–Crippen MR) is 65.3 cm³/mol. The lowest BCUT2D eigenvalue weighted by Gasteiger charge is -2.10. The summed E-state index contributed by atoms with van der Waals surface area (Å²) in [4.78, 5) is 11.4. The van der Waals surface area contributed by atoms with E-state index in [4.69, 9.17) is 0 Å². The SMILES string of the molecule is C=C(NC(=O)C(C)C)/C(C)=C\C=C(C)C. The van der Waals surface area contributed by atoms with Gasteiger partial charge < -0.3 is 5.32 Å². The first-order valence-corrected chi connectivity index (χ1v) is 5.16. The number of nitrogens with one attached hydrogen (secondary N) is 1. The Balaban J connectivity index is 4.41. The van der Waals surface area contributed by atoms with Gasteiger partial charge in [-0.25, -0.2) is 0 Å². The number of hydrogen-bond acceptors (Lipinski definition) is 1. The fraction of sp³-hybridized carbons (Fsp3) is 0.462. The maximum atomic E-state index is 11.4. The van der Waals surface area contributed by atoms with Gasteiger partial charge in [0.15, 0.2) is 0 Å². The molecule has 0 radical (unpaired) electrons. The van der Waals surface area contributed by atoms with Crippen LogP contribution in [-0.4, -0.2) is 5.91 Å². The second kappa shape index (κ2) is 6.23. The largest absolute Gasteiger partial charge is 0.326 e. The fourth-order valence-electron chi connectivity index (χ4n) is 0.784. The van der Waals surface area contributed by atoms with Gasteiger partial charge >= 0.3 is 0 Å². The first kappa shape index (κ1) is 13.7. The Hall–Kier alpha value is -1.31. The number of hydrogen-bond donors (Lipinski definition) is 1. The third-order valence-electron chi connectivity index (χ3n) is 1.94. The van der Waals surface area contributed by atoms with Crippen molar-refractivity contribution in [3.05, 3.63) is 35.6 Å². The van der Waals surface area contributed by atoms with Gasteiger partial charge in [0.1, 0.15) is 0 Å². The van der Waals surface area contributed by atoms with E-state index in [9.17, 15) is 4.79 Å². The van der Waals surface area contributed by atoms with Crippen molar-refractivity contribution in [2.24, 2.45) is 5.92 Å². The van der Waals surface area contributed by atoms with Gasteiger partial charge in [-0.1, -0.05) is 38.2 Å². The molecule has 0 saturated carbocycles. The highest BCUT2D eigenvalue weighted by Gasteiger charge is 2.07. The van der Waals surface area contributed by atoms with Gasteiger partial charge in [0.05, 0.1) is 0 Å². The van der Waals surface area contributed by atoms with Crippen molar-refractivity contribution in [2.45, 2.75) is 34.6 Å². The van der Waals surface area contributed by atoms with E-state index >= 15 is 0 Å². The van der Waals surface area contributed by atoms with Gasteiger partial charge in [-0.15, -0.1) is 0 Å². The fourth-order valence-corrected chi connectivity index (χ4v) is 0.784. The van der Waals surface area contributed by atoms with E-state index in [1.54, 1.807) is 0 Å². The molecule has 0 aromatic heterocycles. The van der Waals surface area contributed by atoms with Crippen LogP contribution in [0.4, 0.5) is 0 Å². The molecule has 0 heterocycles. The van der Waals surface area contributed by atoms with Gasteiger partial charge in [-0.2, -0.15) is 0 Å². The molecule has 0 atom stereocenters. The molecule has 0 aliphatic rings. The van der Waals surface area contributed by atoms with E-state index < -0.39 is 0 Å². The summed E-state index contributed by atoms with van der Waals surface area (Å²) in [5, 5.41) is 2.77. The Morgan fingerprint density at radius 1 is 1.20 bits per heavy atom. The second-order valence-electron chi connectivity index (χ2n) is 4.22. The molecule has 1 N–H and O–H groups in total. The summed E-state index contributed by atoms with van der Waals surface area (Å²) in [5.74, 6) is -0.0112. The molecule has 0 unspecified atom stereocenters. The quantitative estimate of drug-likeness (QED) is 0.705. The number of rotatable bonds is 4. The average molecular weight is 207 g/mol. The molecule has 2 heteroatoms. The Kier molecular flexibility index (Phi) is 5.68. The van der Waals surface area contributed by atoms with E-state index in [0.29, 0.717) is 5.70 Å². The highest BCUT2D eigenvalue weighted by Crippen LogP contribution is 2.06. The van der Waals surface area contributed by atoms with Crippen molar-refractivity contribution in [3.63, 3.8) is 0 Å². The van der Waals surface area contributed by atoms with E-state index in [-0.39, 0.29) is 11.8 Å². The van der Waals surface area contributed by atoms with E-state index in [1.165, 1.54) is 5.57 Å². The van der Waals surface area contributed by atoms with Crippen molar-refractivity contribution in [1.29, 1.82) is 0 Å². The summed E-state index contributed by atoms with van der Waals surface area (Å²) in [6.45, 7) is 13.5. The number of carbonyl (C=O) groups is 1. The smallest absolute Gasteiger partial charge is 0.226 e. The maximum Gasteiger partial charge on any atom is 0.226 e. The minimum absolute atomic E-state index is 0.00458. The zero-order chi connectivity index (χ0) is 12.0. The van der Waals surface area contributed by atoms with Crippen molar-refractivity contribution in [3.8, 4) is 0 Å². The third-order valence-corrected chi connectivity index (χ3v) is 1.94. The van der Waals surface area contributed by atoms with Crippen LogP contribution >= 0.6 is 0 Å². The maximum absolute atomic E-state index is 11.4. The Labute approximate surface area is 92.8 Å². The Morgan fingerprint density at radius 3 is 2.13 bits per heavy atom. The lowest BCUT2D eigenvalue weighted by molar-refractivity contribution is -0.123. The van der Waals surface area contributed by atoms with Crippen LogP contribution < -0.4 is 5.32 Å². The average Bonchev–Trinajstić information content (AvgIpc) is 2.13. The number of allylic oxidation sites excluding steroid dienone is 4. The van der Waals surface area contributed by atoms with Crippen LogP contribution in [0.15, 0.2) is 35.6 Å². The first-order chi connectivity index (χ1) is 6.84. The van der Waals surface area contributed by atoms with Gasteiger partial charge in [-0.05, 0) is 26.3 Å². The van der Waals surface area contributed by atoms with Crippen LogP contribution in [0.5, 0.6) is 0 Å². The molecule has 0 aliphatic carbocycles. The molecule has 0 spiro atoms. The summed E-state index contributed by atoms with van der Waals surface area (Å²) < 4.78 is 0. The van der Waals surface area contributed by atoms with Crippen molar-refractivity contribution in [1.82, 2.24) is 5.32 Å². The minimum Gasteiger partial charge on any atom is -0.326 e. The molecule has 0 aromatic carbocycles. The molecule has 0 bridgehead atoms. The van der Waals surface area contributed by atoms with Gasteiger partial charge in [0, 0.05) is 11.6 Å². The van der Waals surface area contributed by atoms with Gasteiger partial charge in [-0.3, -0.25) is 4.79 Å². The molecule has 1 amide bonds. The normalized spacial score (nSPS) is 11.2. The molecular formula is C13H21NO. The van der Waals surface area contributed by atoms with Gasteiger partial charge in [0.25, 0.3) is 0 Å². The van der Waals surface area contributed by atoms with Crippen molar-refractivity contribution >= 4 is 5.91 Å². The van der Waals surface area contributed by atoms with Crippen LogP contribution in [0.1, 0.15) is 34.6 Å². The molecule has 0 rings (SSSR count). The first-order valence-electron chi connectivity index (χ1n) is 5.16. The molecule has 0 aromatic rings. The summed E-state index contributed by atoms with van der Waals surface area (Å²) in [6, 6.07) is 0. The number of carbonyl (C=O) groups excluding carboxylic acids is 1. The third kappa shape index (κ3) is 5.89. The minimum atomic E-state index is -0.0157. The molecule has 0 saturated heterocycles. The number of amides is 1. The molecule has 15 heavy (non-hydrogen) atoms. The van der Waals surface area contributed by atoms with Gasteiger partial charge in [0.2, 0.25) is 5.91 Å². The molecular weight excluding hydrogens is 186 g/mol. The summed E-state index contributed by atoms with van der Waals surface area (Å²) in [5.41, 5.74) is 2.87. The standard InChI is InChI=1S/C13H21NO/c1-9(2)7-8-11(5)12(6)14-13(15)10(3)4/h7-8,10H,6H2,1-5H3,(H,14,15)/b11-8-. The molecule has 2 nitrogen and oxygen atoms in total. The highest BCUT2D eigenvalue weighted by molar-refractivity contribution is 5.80. The second-order valence-corrected chi connectivity index (χ2v) is 4.22. The van der Waals surface area contributed by atoms with Crippen LogP contribution in [0, 0.1) is 5.92 Å². The molecule has 0 fully saturated rings. The summed E-state index contributed by atoms with van der Waals surface area (Å²) >= 11 is 0. The predicted octanol–water partition coefficient (Wildman–Crippen LogP) is 3.18. The Morgan fingerprint density at radius 2 is 1.73 bits per heavy atom. The topological polar surface area (TPSA) is 29.1 Å². The Bertz CT molecular complexity index is 304. The lowest BCUT2D eigenvalue weighted by atomic mass is 10.1. The van der Waals surface area contributed by atoms with Crippen LogP contribution in [0.3, 0.4) is 0 Å². The van der Waals surface area contributed by atoms with Crippen LogP contribution in [-0.2, 0) is 4.79 Å². The summed E-state index contributed by atoms with van der Waals surface area (Å²) in [6.07, 6.45) is 3.96. The van der Waals surface area contributed by atoms with E-state index in [0.717, 1.165) is 5.57 Å². The highest BCUT2D eigenvalue weighted by atomic mass is 16.1. The van der Waals surface area contributed by atoms with E-state index in [2.05, 4.69) is 11.9 Å².